The van der Waals surface area contributed by atoms with Crippen LogP contribution in [0.3, 0.4) is 0 Å². The molecule has 0 saturated carbocycles. The van der Waals surface area contributed by atoms with E-state index >= 15 is 0 Å². The highest BCUT2D eigenvalue weighted by Crippen LogP contribution is 2.27. The molecule has 1 aromatic heterocycles. The third-order valence-electron chi connectivity index (χ3n) is 6.65. The third kappa shape index (κ3) is 5.26. The molecule has 4 rings (SSSR count). The molecule has 1 fully saturated rings. The Labute approximate surface area is 202 Å². The summed E-state index contributed by atoms with van der Waals surface area (Å²) in [7, 11) is -3.42. The Balaban J connectivity index is 1.33. The van der Waals surface area contributed by atoms with E-state index < -0.39 is 15.1 Å². The number of rotatable bonds is 9. The van der Waals surface area contributed by atoms with Gasteiger partial charge in [-0.2, -0.15) is 0 Å². The van der Waals surface area contributed by atoms with E-state index in [1.165, 1.54) is 0 Å². The summed E-state index contributed by atoms with van der Waals surface area (Å²) in [6, 6.07) is 18.3. The summed E-state index contributed by atoms with van der Waals surface area (Å²) in [6.45, 7) is 7.58. The molecule has 0 radical (unpaired) electrons. The van der Waals surface area contributed by atoms with Crippen molar-refractivity contribution in [3.05, 3.63) is 72.5 Å². The van der Waals surface area contributed by atoms with Crippen molar-refractivity contribution in [1.82, 2.24) is 4.90 Å². The summed E-state index contributed by atoms with van der Waals surface area (Å²) in [5.41, 5.74) is 2.66. The number of likely N-dealkylation sites (tertiary alicyclic amines) is 1. The van der Waals surface area contributed by atoms with Gasteiger partial charge < -0.3 is 9.32 Å². The Morgan fingerprint density at radius 3 is 2.18 bits per heavy atom. The van der Waals surface area contributed by atoms with Crippen LogP contribution < -0.4 is 4.90 Å². The maximum absolute atomic E-state index is 13.2. The number of carbonyl (C=O) groups excluding carboxylic acids is 1. The second-order valence-corrected chi connectivity index (χ2v) is 10.9. The fourth-order valence-corrected chi connectivity index (χ4v) is 6.29. The van der Waals surface area contributed by atoms with E-state index in [2.05, 4.69) is 23.6 Å². The number of nitrogens with zero attached hydrogens (tertiary/aromatic N) is 2. The Morgan fingerprint density at radius 1 is 0.971 bits per heavy atom. The number of hydrogen-bond donors (Lipinski definition) is 0. The minimum absolute atomic E-state index is 0.0703. The average Bonchev–Trinajstić information content (AvgIpc) is 3.41. The first kappa shape index (κ1) is 24.2. The Bertz CT molecular complexity index is 1170. The van der Waals surface area contributed by atoms with Crippen LogP contribution in [0.1, 0.15) is 37.0 Å². The topological polar surface area (TPSA) is 70.8 Å². The second kappa shape index (κ2) is 10.6. The minimum Gasteiger partial charge on any atom is -0.464 e. The number of carbonyl (C=O) groups is 1. The molecule has 6 nitrogen and oxygen atoms in total. The summed E-state index contributed by atoms with van der Waals surface area (Å²) in [5, 5.41) is -0.429. The van der Waals surface area contributed by atoms with Gasteiger partial charge in [-0.25, -0.2) is 8.42 Å². The maximum atomic E-state index is 13.2. The molecular formula is C27H32N2O4S. The van der Waals surface area contributed by atoms with Gasteiger partial charge in [-0.3, -0.25) is 9.69 Å². The lowest BCUT2D eigenvalue weighted by atomic mass is 10.1. The van der Waals surface area contributed by atoms with Gasteiger partial charge in [0.05, 0.1) is 23.0 Å². The van der Waals surface area contributed by atoms with E-state index in [0.717, 1.165) is 24.3 Å². The number of sulfone groups is 1. The normalized spacial score (nSPS) is 15.4. The van der Waals surface area contributed by atoms with E-state index in [-0.39, 0.29) is 5.78 Å². The zero-order chi connectivity index (χ0) is 24.1. The van der Waals surface area contributed by atoms with E-state index in [4.69, 9.17) is 4.42 Å². The molecular weight excluding hydrogens is 448 g/mol. The van der Waals surface area contributed by atoms with Crippen LogP contribution in [-0.4, -0.2) is 57.1 Å². The lowest BCUT2D eigenvalue weighted by Crippen LogP contribution is -2.41. The lowest BCUT2D eigenvalue weighted by Gasteiger charge is -2.31. The van der Waals surface area contributed by atoms with Crippen molar-refractivity contribution in [2.45, 2.75) is 36.8 Å². The number of benzene rings is 2. The predicted octanol–water partition coefficient (Wildman–Crippen LogP) is 4.91. The molecule has 0 atom stereocenters. The molecule has 0 spiro atoms. The van der Waals surface area contributed by atoms with Crippen LogP contribution in [-0.2, 0) is 9.84 Å². The molecule has 0 aliphatic carbocycles. The monoisotopic (exact) mass is 480 g/mol. The number of hydrogen-bond acceptors (Lipinski definition) is 6. The van der Waals surface area contributed by atoms with Crippen molar-refractivity contribution in [3.8, 4) is 11.3 Å². The smallest absolute Gasteiger partial charge is 0.181 e. The van der Waals surface area contributed by atoms with Gasteiger partial charge in [-0.1, -0.05) is 0 Å². The molecule has 0 unspecified atom stereocenters. The standard InChI is InChI=1S/C27H32N2O4S/c1-3-29(4-2)23-11-7-21(8-12-23)26(30)20-28-17-15-25(16-18-28)34(31,32)24-13-9-22(10-14-24)27-6-5-19-33-27/h5-14,19,25H,3-4,15-18,20H2,1-2H3. The molecule has 2 heterocycles. The fourth-order valence-electron chi connectivity index (χ4n) is 4.56. The Hall–Kier alpha value is -2.90. The third-order valence-corrected chi connectivity index (χ3v) is 8.93. The van der Waals surface area contributed by atoms with Crippen LogP contribution in [0.2, 0.25) is 0 Å². The molecule has 0 amide bonds. The number of furan rings is 1. The maximum Gasteiger partial charge on any atom is 0.181 e. The first-order valence-electron chi connectivity index (χ1n) is 11.9. The largest absolute Gasteiger partial charge is 0.464 e. The van der Waals surface area contributed by atoms with E-state index in [1.807, 2.05) is 30.3 Å². The van der Waals surface area contributed by atoms with E-state index in [0.29, 0.717) is 48.7 Å². The van der Waals surface area contributed by atoms with Gasteiger partial charge in [-0.05, 0) is 100 Å². The summed E-state index contributed by atoms with van der Waals surface area (Å²) >= 11 is 0. The van der Waals surface area contributed by atoms with Gasteiger partial charge in [0.2, 0.25) is 0 Å². The molecule has 1 saturated heterocycles. The quantitative estimate of drug-likeness (QED) is 0.405. The van der Waals surface area contributed by atoms with E-state index in [9.17, 15) is 13.2 Å². The molecule has 180 valence electrons. The molecule has 1 aliphatic heterocycles. The van der Waals surface area contributed by atoms with E-state index in [1.54, 1.807) is 36.6 Å². The van der Waals surface area contributed by atoms with Gasteiger partial charge in [0.1, 0.15) is 5.76 Å². The van der Waals surface area contributed by atoms with Crippen molar-refractivity contribution in [1.29, 1.82) is 0 Å². The molecule has 2 aromatic carbocycles. The van der Waals surface area contributed by atoms with Crippen LogP contribution in [0.25, 0.3) is 11.3 Å². The van der Waals surface area contributed by atoms with Crippen molar-refractivity contribution >= 4 is 21.3 Å². The zero-order valence-corrected chi connectivity index (χ0v) is 20.6. The van der Waals surface area contributed by atoms with Gasteiger partial charge in [-0.15, -0.1) is 0 Å². The molecule has 7 heteroatoms. The summed E-state index contributed by atoms with van der Waals surface area (Å²) in [4.78, 5) is 17.4. The number of Topliss-reactive ketones (excluding diaryl/α,β-unsaturated/α-hetero) is 1. The fraction of sp³-hybridized carbons (Fsp3) is 0.370. The Kier molecular flexibility index (Phi) is 7.54. The summed E-state index contributed by atoms with van der Waals surface area (Å²) in [5.74, 6) is 0.783. The molecule has 34 heavy (non-hydrogen) atoms. The number of anilines is 1. The van der Waals surface area contributed by atoms with Crippen LogP contribution in [0.4, 0.5) is 5.69 Å². The SMILES string of the molecule is CCN(CC)c1ccc(C(=O)CN2CCC(S(=O)(=O)c3ccc(-c4ccco4)cc3)CC2)cc1. The highest BCUT2D eigenvalue weighted by Gasteiger charge is 2.32. The van der Waals surface area contributed by atoms with Crippen LogP contribution >= 0.6 is 0 Å². The van der Waals surface area contributed by atoms with Crippen LogP contribution in [0.5, 0.6) is 0 Å². The van der Waals surface area contributed by atoms with Gasteiger partial charge in [0.25, 0.3) is 0 Å². The molecule has 3 aromatic rings. The summed E-state index contributed by atoms with van der Waals surface area (Å²) < 4.78 is 31.7. The van der Waals surface area contributed by atoms with Gasteiger partial charge >= 0.3 is 0 Å². The predicted molar refractivity (Wildman–Crippen MR) is 135 cm³/mol. The first-order chi connectivity index (χ1) is 16.4. The lowest BCUT2D eigenvalue weighted by molar-refractivity contribution is 0.0916. The number of ketones is 1. The molecule has 0 N–H and O–H groups in total. The highest BCUT2D eigenvalue weighted by molar-refractivity contribution is 7.92. The minimum atomic E-state index is -3.42. The van der Waals surface area contributed by atoms with Crippen molar-refractivity contribution in [2.75, 3.05) is 37.6 Å². The molecule has 1 aliphatic rings. The molecule has 0 bridgehead atoms. The zero-order valence-electron chi connectivity index (χ0n) is 19.8. The van der Waals surface area contributed by atoms with Crippen LogP contribution in [0.15, 0.2) is 76.2 Å². The van der Waals surface area contributed by atoms with Gasteiger partial charge in [0.15, 0.2) is 15.6 Å². The van der Waals surface area contributed by atoms with Gasteiger partial charge in [0, 0.05) is 29.9 Å². The second-order valence-electron chi connectivity index (χ2n) is 8.66. The highest BCUT2D eigenvalue weighted by atomic mass is 32.2. The number of piperidine rings is 1. The average molecular weight is 481 g/mol. The first-order valence-corrected chi connectivity index (χ1v) is 13.5. The summed E-state index contributed by atoms with van der Waals surface area (Å²) in [6.07, 6.45) is 2.65. The Morgan fingerprint density at radius 2 is 1.62 bits per heavy atom. The van der Waals surface area contributed by atoms with Crippen LogP contribution in [0, 0.1) is 0 Å². The van der Waals surface area contributed by atoms with Crippen molar-refractivity contribution in [2.24, 2.45) is 0 Å². The van der Waals surface area contributed by atoms with Crippen molar-refractivity contribution in [3.63, 3.8) is 0 Å². The van der Waals surface area contributed by atoms with Crippen molar-refractivity contribution < 1.29 is 17.6 Å².